The highest BCUT2D eigenvalue weighted by Gasteiger charge is 2.17. The summed E-state index contributed by atoms with van der Waals surface area (Å²) >= 11 is 1.19. The van der Waals surface area contributed by atoms with Crippen LogP contribution < -0.4 is 0 Å². The van der Waals surface area contributed by atoms with Gasteiger partial charge in [0.05, 0.1) is 22.9 Å². The van der Waals surface area contributed by atoms with Crippen LogP contribution in [-0.2, 0) is 16.9 Å². The molecule has 0 saturated heterocycles. The van der Waals surface area contributed by atoms with Crippen molar-refractivity contribution in [3.8, 4) is 0 Å². The molecule has 0 aliphatic rings. The highest BCUT2D eigenvalue weighted by molar-refractivity contribution is 8.00. The molecular weight excluding hydrogens is 302 g/mol. The average Bonchev–Trinajstić information content (AvgIpc) is 2.70. The molecule has 0 fully saturated rings. The van der Waals surface area contributed by atoms with Crippen LogP contribution in [0, 0.1) is 0 Å². The molecule has 2 aromatic heterocycles. The number of pyridine rings is 1. The van der Waals surface area contributed by atoms with Gasteiger partial charge in [-0.05, 0) is 0 Å². The lowest BCUT2D eigenvalue weighted by Crippen LogP contribution is -2.07. The third-order valence-electron chi connectivity index (χ3n) is 2.64. The van der Waals surface area contributed by atoms with Crippen molar-refractivity contribution in [1.29, 1.82) is 0 Å². The average molecular weight is 315 g/mol. The van der Waals surface area contributed by atoms with Crippen molar-refractivity contribution < 1.29 is 18.3 Å². The lowest BCUT2D eigenvalue weighted by atomic mass is 10.2. The maximum absolute atomic E-state index is 11.2. The maximum Gasteiger partial charge on any atom is 0.338 e. The molecule has 0 aromatic carbocycles. The largest absolute Gasteiger partial charge is 0.478 e. The zero-order valence-corrected chi connectivity index (χ0v) is 12.5. The number of aromatic nitrogens is 3. The second-order valence-electron chi connectivity index (χ2n) is 4.29. The number of hydrogen-bond acceptors (Lipinski definition) is 6. The van der Waals surface area contributed by atoms with Crippen molar-refractivity contribution in [2.45, 2.75) is 4.90 Å². The van der Waals surface area contributed by atoms with Gasteiger partial charge in [-0.1, -0.05) is 0 Å². The summed E-state index contributed by atoms with van der Waals surface area (Å²) in [5.41, 5.74) is 0.626. The molecule has 0 amide bonds. The third kappa shape index (κ3) is 3.10. The van der Waals surface area contributed by atoms with Gasteiger partial charge in [0.25, 0.3) is 0 Å². The lowest BCUT2D eigenvalue weighted by Gasteiger charge is -2.06. The van der Waals surface area contributed by atoms with Gasteiger partial charge in [-0.3, -0.25) is 4.68 Å². The van der Waals surface area contributed by atoms with Crippen LogP contribution in [0.4, 0.5) is 0 Å². The van der Waals surface area contributed by atoms with Crippen molar-refractivity contribution in [1.82, 2.24) is 14.8 Å². The van der Waals surface area contributed by atoms with E-state index in [-0.39, 0.29) is 17.1 Å². The summed E-state index contributed by atoms with van der Waals surface area (Å²) in [5.74, 6) is -0.821. The first kappa shape index (κ1) is 14.8. The van der Waals surface area contributed by atoms with Gasteiger partial charge in [-0.15, -0.1) is 11.8 Å². The second-order valence-corrected chi connectivity index (χ2v) is 7.65. The van der Waals surface area contributed by atoms with Crippen molar-refractivity contribution in [2.75, 3.05) is 17.8 Å². The van der Waals surface area contributed by atoms with Crippen LogP contribution in [0.25, 0.3) is 11.0 Å². The molecule has 2 heterocycles. The lowest BCUT2D eigenvalue weighted by molar-refractivity contribution is 0.0693. The minimum atomic E-state index is -3.08. The van der Waals surface area contributed by atoms with E-state index in [0.29, 0.717) is 15.9 Å². The number of hydrogen-bond donors (Lipinski definition) is 1. The second kappa shape index (κ2) is 5.41. The zero-order chi connectivity index (χ0) is 14.9. The van der Waals surface area contributed by atoms with Crippen LogP contribution in [0.1, 0.15) is 10.4 Å². The first-order chi connectivity index (χ1) is 9.29. The first-order valence-electron chi connectivity index (χ1n) is 5.64. The molecule has 108 valence electrons. The number of aryl methyl sites for hydroxylation is 1. The highest BCUT2D eigenvalue weighted by atomic mass is 32.2. The standard InChI is InChI=1S/C11H13N3O4S2/c1-14-10-7(6-13-14)9(8(5-12-10)11(15)16)19-3-4-20(2,17)18/h5-6H,3-4H2,1-2H3,(H,15,16). The van der Waals surface area contributed by atoms with Crippen LogP contribution in [0.3, 0.4) is 0 Å². The van der Waals surface area contributed by atoms with Crippen molar-refractivity contribution in [3.63, 3.8) is 0 Å². The van der Waals surface area contributed by atoms with E-state index in [1.165, 1.54) is 24.2 Å². The molecule has 0 bridgehead atoms. The van der Waals surface area contributed by atoms with Crippen LogP contribution >= 0.6 is 11.8 Å². The Morgan fingerprint density at radius 1 is 1.45 bits per heavy atom. The monoisotopic (exact) mass is 315 g/mol. The van der Waals surface area contributed by atoms with E-state index in [0.717, 1.165) is 6.26 Å². The Balaban J connectivity index is 2.42. The molecule has 0 atom stereocenters. The van der Waals surface area contributed by atoms with E-state index in [1.807, 2.05) is 0 Å². The van der Waals surface area contributed by atoms with Gasteiger partial charge in [0.15, 0.2) is 5.65 Å². The summed E-state index contributed by atoms with van der Waals surface area (Å²) in [5, 5.41) is 13.9. The fraction of sp³-hybridized carbons (Fsp3) is 0.364. The van der Waals surface area contributed by atoms with Crippen molar-refractivity contribution in [3.05, 3.63) is 18.0 Å². The molecule has 0 saturated carbocycles. The summed E-state index contributed by atoms with van der Waals surface area (Å²) < 4.78 is 23.8. The van der Waals surface area contributed by atoms with Gasteiger partial charge in [-0.2, -0.15) is 5.10 Å². The van der Waals surface area contributed by atoms with E-state index in [2.05, 4.69) is 10.1 Å². The Morgan fingerprint density at radius 3 is 2.75 bits per heavy atom. The fourth-order valence-electron chi connectivity index (χ4n) is 1.68. The highest BCUT2D eigenvalue weighted by Crippen LogP contribution is 2.30. The molecule has 0 radical (unpaired) electrons. The Morgan fingerprint density at radius 2 is 2.15 bits per heavy atom. The molecule has 1 N–H and O–H groups in total. The van der Waals surface area contributed by atoms with E-state index in [9.17, 15) is 18.3 Å². The predicted molar refractivity (Wildman–Crippen MR) is 75.9 cm³/mol. The topological polar surface area (TPSA) is 102 Å². The molecule has 20 heavy (non-hydrogen) atoms. The van der Waals surface area contributed by atoms with Crippen LogP contribution in [0.2, 0.25) is 0 Å². The van der Waals surface area contributed by atoms with E-state index < -0.39 is 15.8 Å². The summed E-state index contributed by atoms with van der Waals surface area (Å²) in [6.45, 7) is 0. The molecule has 0 spiro atoms. The molecule has 0 unspecified atom stereocenters. The molecular formula is C11H13N3O4S2. The van der Waals surface area contributed by atoms with E-state index >= 15 is 0 Å². The van der Waals surface area contributed by atoms with Gasteiger partial charge in [0.1, 0.15) is 9.84 Å². The smallest absolute Gasteiger partial charge is 0.338 e. The Hall–Kier alpha value is -1.61. The van der Waals surface area contributed by atoms with Crippen LogP contribution in [0.5, 0.6) is 0 Å². The fourth-order valence-corrected chi connectivity index (χ4v) is 4.02. The summed E-state index contributed by atoms with van der Waals surface area (Å²) in [6.07, 6.45) is 3.96. The first-order valence-corrected chi connectivity index (χ1v) is 8.69. The molecule has 2 rings (SSSR count). The Labute approximate surface area is 119 Å². The summed E-state index contributed by atoms with van der Waals surface area (Å²) in [4.78, 5) is 15.8. The number of thioether (sulfide) groups is 1. The van der Waals surface area contributed by atoms with Gasteiger partial charge < -0.3 is 5.11 Å². The minimum Gasteiger partial charge on any atom is -0.478 e. The number of sulfone groups is 1. The number of rotatable bonds is 5. The molecule has 9 heteroatoms. The summed E-state index contributed by atoms with van der Waals surface area (Å²) in [7, 11) is -1.37. The minimum absolute atomic E-state index is 0.0131. The number of carboxylic acid groups (broad SMARTS) is 1. The quantitative estimate of drug-likeness (QED) is 0.814. The Kier molecular flexibility index (Phi) is 4.00. The van der Waals surface area contributed by atoms with Gasteiger partial charge in [-0.25, -0.2) is 18.2 Å². The molecule has 0 aliphatic carbocycles. The van der Waals surface area contributed by atoms with Crippen molar-refractivity contribution in [2.24, 2.45) is 7.05 Å². The normalized spacial score (nSPS) is 11.9. The third-order valence-corrected chi connectivity index (χ3v) is 4.98. The SMILES string of the molecule is Cn1ncc2c(SCCS(C)(=O)=O)c(C(=O)O)cnc21. The van der Waals surface area contributed by atoms with Crippen LogP contribution in [-0.4, -0.2) is 52.0 Å². The maximum atomic E-state index is 11.2. The summed E-state index contributed by atoms with van der Waals surface area (Å²) in [6, 6.07) is 0. The number of nitrogens with zero attached hydrogens (tertiary/aromatic N) is 3. The number of carbonyl (C=O) groups is 1. The van der Waals surface area contributed by atoms with Crippen molar-refractivity contribution >= 4 is 38.6 Å². The van der Waals surface area contributed by atoms with E-state index in [4.69, 9.17) is 0 Å². The molecule has 0 aliphatic heterocycles. The van der Waals surface area contributed by atoms with Gasteiger partial charge in [0, 0.05) is 30.1 Å². The molecule has 2 aromatic rings. The van der Waals surface area contributed by atoms with Crippen LogP contribution in [0.15, 0.2) is 17.3 Å². The molecule has 7 nitrogen and oxygen atoms in total. The zero-order valence-electron chi connectivity index (χ0n) is 10.9. The number of aromatic carboxylic acids is 1. The number of fused-ring (bicyclic) bond motifs is 1. The van der Waals surface area contributed by atoms with E-state index in [1.54, 1.807) is 11.7 Å². The van der Waals surface area contributed by atoms with Gasteiger partial charge >= 0.3 is 5.97 Å². The number of carboxylic acids is 1. The van der Waals surface area contributed by atoms with Gasteiger partial charge in [0.2, 0.25) is 0 Å². The Bertz CT molecular complexity index is 767. The predicted octanol–water partition coefficient (Wildman–Crippen LogP) is 0.803.